The molecule has 1 aliphatic carbocycles. The molecule has 0 heterocycles. The molecule has 2 aromatic rings. The van der Waals surface area contributed by atoms with E-state index in [-0.39, 0.29) is 0 Å². The minimum absolute atomic E-state index is 0.696. The Hall–Kier alpha value is -1.27. The highest BCUT2D eigenvalue weighted by atomic mass is 35.5. The van der Waals surface area contributed by atoms with Gasteiger partial charge in [0.05, 0.1) is 0 Å². The van der Waals surface area contributed by atoms with Gasteiger partial charge in [0, 0.05) is 5.02 Å². The molecule has 0 aromatic heterocycles. The van der Waals surface area contributed by atoms with Gasteiger partial charge in [0.25, 0.3) is 0 Å². The predicted octanol–water partition coefficient (Wildman–Crippen LogP) is 7.42. The zero-order chi connectivity index (χ0) is 17.8. The fraction of sp³-hybridized carbons (Fsp3) is 0.500. The maximum absolute atomic E-state index is 6.52. The Bertz CT molecular complexity index is 676. The molecule has 0 nitrogen and oxygen atoms in total. The molecule has 0 bridgehead atoms. The Morgan fingerprint density at radius 1 is 0.880 bits per heavy atom. The van der Waals surface area contributed by atoms with Gasteiger partial charge < -0.3 is 0 Å². The minimum Gasteiger partial charge on any atom is -0.0840 e. The van der Waals surface area contributed by atoms with E-state index in [0.717, 1.165) is 29.7 Å². The average Bonchev–Trinajstić information content (AvgIpc) is 2.58. The molecule has 2 aromatic carbocycles. The molecule has 25 heavy (non-hydrogen) atoms. The number of rotatable bonds is 5. The van der Waals surface area contributed by atoms with Gasteiger partial charge in [-0.05, 0) is 78.2 Å². The van der Waals surface area contributed by atoms with Crippen LogP contribution in [-0.2, 0) is 12.8 Å². The summed E-state index contributed by atoms with van der Waals surface area (Å²) in [6.45, 7) is 7.03. The van der Waals surface area contributed by atoms with Crippen molar-refractivity contribution >= 4 is 11.6 Å². The lowest BCUT2D eigenvalue weighted by molar-refractivity contribution is 0.268. The van der Waals surface area contributed by atoms with Crippen LogP contribution in [0.4, 0.5) is 0 Å². The highest BCUT2D eigenvalue weighted by Crippen LogP contribution is 2.40. The molecule has 0 spiro atoms. The highest BCUT2D eigenvalue weighted by Gasteiger charge is 2.25. The number of benzene rings is 2. The van der Waals surface area contributed by atoms with E-state index in [0.29, 0.717) is 5.92 Å². The molecule has 2 atom stereocenters. The van der Waals surface area contributed by atoms with E-state index < -0.39 is 0 Å². The Balaban J connectivity index is 1.77. The minimum atomic E-state index is 0.696. The standard InChI is InChI=1S/C24H31Cl/c1-4-5-19-6-8-20(9-7-19)15-23-16-21(10-11-24(23)25)22-13-17(2)12-18(3)14-22/h6-11,16-18,22H,4-5,12-15H2,1-3H3. The average molecular weight is 355 g/mol. The first-order valence-corrected chi connectivity index (χ1v) is 10.3. The molecule has 0 amide bonds. The van der Waals surface area contributed by atoms with E-state index in [1.165, 1.54) is 47.9 Å². The zero-order valence-corrected chi connectivity index (χ0v) is 16.7. The van der Waals surface area contributed by atoms with Crippen LogP contribution >= 0.6 is 11.6 Å². The number of halogens is 1. The summed E-state index contributed by atoms with van der Waals surface area (Å²) >= 11 is 6.52. The largest absolute Gasteiger partial charge is 0.0840 e. The Labute approximate surface area is 158 Å². The zero-order valence-electron chi connectivity index (χ0n) is 15.9. The molecule has 1 aliphatic rings. The second-order valence-corrected chi connectivity index (χ2v) is 8.62. The molecule has 0 radical (unpaired) electrons. The van der Waals surface area contributed by atoms with Gasteiger partial charge in [-0.2, -0.15) is 0 Å². The van der Waals surface area contributed by atoms with E-state index in [2.05, 4.69) is 63.2 Å². The molecule has 134 valence electrons. The van der Waals surface area contributed by atoms with Crippen LogP contribution in [0, 0.1) is 11.8 Å². The van der Waals surface area contributed by atoms with Crippen LogP contribution in [0.1, 0.15) is 74.6 Å². The van der Waals surface area contributed by atoms with Gasteiger partial charge in [-0.25, -0.2) is 0 Å². The molecule has 3 rings (SSSR count). The van der Waals surface area contributed by atoms with Crippen molar-refractivity contribution in [2.45, 2.75) is 65.2 Å². The summed E-state index contributed by atoms with van der Waals surface area (Å²) in [5.74, 6) is 2.36. The van der Waals surface area contributed by atoms with E-state index in [1.807, 2.05) is 0 Å². The topological polar surface area (TPSA) is 0 Å². The second kappa shape index (κ2) is 8.41. The fourth-order valence-corrected chi connectivity index (χ4v) is 4.72. The van der Waals surface area contributed by atoms with Crippen LogP contribution in [0.2, 0.25) is 5.02 Å². The van der Waals surface area contributed by atoms with Crippen molar-refractivity contribution in [2.24, 2.45) is 11.8 Å². The SMILES string of the molecule is CCCc1ccc(Cc2cc(C3CC(C)CC(C)C3)ccc2Cl)cc1. The van der Waals surface area contributed by atoms with Gasteiger partial charge >= 0.3 is 0 Å². The Morgan fingerprint density at radius 2 is 1.52 bits per heavy atom. The lowest BCUT2D eigenvalue weighted by atomic mass is 9.74. The van der Waals surface area contributed by atoms with Crippen LogP contribution in [0.5, 0.6) is 0 Å². The van der Waals surface area contributed by atoms with Crippen LogP contribution in [0.3, 0.4) is 0 Å². The third-order valence-corrected chi connectivity index (χ3v) is 6.04. The lowest BCUT2D eigenvalue weighted by Gasteiger charge is -2.32. The van der Waals surface area contributed by atoms with E-state index >= 15 is 0 Å². The maximum atomic E-state index is 6.52. The lowest BCUT2D eigenvalue weighted by Crippen LogP contribution is -2.18. The Kier molecular flexibility index (Phi) is 6.23. The van der Waals surface area contributed by atoms with Crippen molar-refractivity contribution in [3.63, 3.8) is 0 Å². The summed E-state index contributed by atoms with van der Waals surface area (Å²) in [4.78, 5) is 0. The number of hydrogen-bond donors (Lipinski definition) is 0. The third-order valence-electron chi connectivity index (χ3n) is 5.68. The summed E-state index contributed by atoms with van der Waals surface area (Å²) in [6.07, 6.45) is 7.30. The van der Waals surface area contributed by atoms with Crippen molar-refractivity contribution in [3.8, 4) is 0 Å². The van der Waals surface area contributed by atoms with Crippen molar-refractivity contribution < 1.29 is 0 Å². The van der Waals surface area contributed by atoms with Crippen molar-refractivity contribution in [3.05, 3.63) is 69.7 Å². The Morgan fingerprint density at radius 3 is 2.16 bits per heavy atom. The smallest absolute Gasteiger partial charge is 0.0441 e. The molecule has 0 N–H and O–H groups in total. The summed E-state index contributed by atoms with van der Waals surface area (Å²) < 4.78 is 0. The van der Waals surface area contributed by atoms with Crippen molar-refractivity contribution in [2.75, 3.05) is 0 Å². The predicted molar refractivity (Wildman–Crippen MR) is 110 cm³/mol. The summed E-state index contributed by atoms with van der Waals surface area (Å²) in [5, 5.41) is 0.901. The second-order valence-electron chi connectivity index (χ2n) is 8.21. The molecule has 0 saturated heterocycles. The monoisotopic (exact) mass is 354 g/mol. The van der Waals surface area contributed by atoms with Crippen molar-refractivity contribution in [1.82, 2.24) is 0 Å². The van der Waals surface area contributed by atoms with Gasteiger partial charge in [0.15, 0.2) is 0 Å². The van der Waals surface area contributed by atoms with Crippen molar-refractivity contribution in [1.29, 1.82) is 0 Å². The first-order valence-electron chi connectivity index (χ1n) is 9.91. The van der Waals surface area contributed by atoms with Gasteiger partial charge in [0.1, 0.15) is 0 Å². The van der Waals surface area contributed by atoms with Crippen LogP contribution in [0.15, 0.2) is 42.5 Å². The van der Waals surface area contributed by atoms with Gasteiger partial charge in [-0.15, -0.1) is 0 Å². The summed E-state index contributed by atoms with van der Waals surface area (Å²) in [5.41, 5.74) is 5.54. The van der Waals surface area contributed by atoms with E-state index in [4.69, 9.17) is 11.6 Å². The maximum Gasteiger partial charge on any atom is 0.0441 e. The van der Waals surface area contributed by atoms with E-state index in [9.17, 15) is 0 Å². The quantitative estimate of drug-likeness (QED) is 0.523. The molecule has 1 fully saturated rings. The molecule has 2 unspecified atom stereocenters. The molecule has 0 aliphatic heterocycles. The highest BCUT2D eigenvalue weighted by molar-refractivity contribution is 6.31. The summed E-state index contributed by atoms with van der Waals surface area (Å²) in [6, 6.07) is 15.8. The molecular weight excluding hydrogens is 324 g/mol. The first-order chi connectivity index (χ1) is 12.0. The first kappa shape index (κ1) is 18.5. The molecule has 1 saturated carbocycles. The van der Waals surface area contributed by atoms with Crippen LogP contribution in [-0.4, -0.2) is 0 Å². The third kappa shape index (κ3) is 4.88. The van der Waals surface area contributed by atoms with Crippen LogP contribution in [0.25, 0.3) is 0 Å². The number of aryl methyl sites for hydroxylation is 1. The van der Waals surface area contributed by atoms with Gasteiger partial charge in [0.2, 0.25) is 0 Å². The van der Waals surface area contributed by atoms with Gasteiger partial charge in [-0.1, -0.05) is 75.2 Å². The fourth-order valence-electron chi connectivity index (χ4n) is 4.54. The molecule has 1 heteroatoms. The normalized spacial score (nSPS) is 23.6. The van der Waals surface area contributed by atoms with Crippen LogP contribution < -0.4 is 0 Å². The van der Waals surface area contributed by atoms with Gasteiger partial charge in [-0.3, -0.25) is 0 Å². The summed E-state index contributed by atoms with van der Waals surface area (Å²) in [7, 11) is 0. The van der Waals surface area contributed by atoms with E-state index in [1.54, 1.807) is 0 Å². The molecular formula is C24H31Cl. The number of hydrogen-bond acceptors (Lipinski definition) is 0.